The molecule has 0 saturated heterocycles. The Labute approximate surface area is 89.4 Å². The van der Waals surface area contributed by atoms with E-state index in [1.54, 1.807) is 0 Å². The van der Waals surface area contributed by atoms with Crippen LogP contribution in [0.3, 0.4) is 0 Å². The van der Waals surface area contributed by atoms with Crippen LogP contribution in [0.2, 0.25) is 39.3 Å². The molecule has 0 amide bonds. The van der Waals surface area contributed by atoms with Crippen molar-refractivity contribution in [1.82, 2.24) is 0 Å². The summed E-state index contributed by atoms with van der Waals surface area (Å²) in [6.45, 7) is 14.4. The third kappa shape index (κ3) is 2.67. The predicted molar refractivity (Wildman–Crippen MR) is 67.3 cm³/mol. The first-order valence-electron chi connectivity index (χ1n) is 3.88. The van der Waals surface area contributed by atoms with E-state index in [4.69, 9.17) is 0 Å². The lowest BCUT2D eigenvalue weighted by Crippen LogP contribution is -2.57. The Morgan fingerprint density at radius 2 is 0.909 bits per heavy atom. The summed E-state index contributed by atoms with van der Waals surface area (Å²) in [6, 6.07) is 0. The van der Waals surface area contributed by atoms with Crippen LogP contribution in [0.5, 0.6) is 0 Å². The molecule has 0 aromatic rings. The van der Waals surface area contributed by atoms with Gasteiger partial charge < -0.3 is 0 Å². The molecule has 0 saturated carbocycles. The molecule has 0 radical (unpaired) electrons. The van der Waals surface area contributed by atoms with E-state index in [1.807, 2.05) is 0 Å². The van der Waals surface area contributed by atoms with Gasteiger partial charge >= 0.3 is 0 Å². The summed E-state index contributed by atoms with van der Waals surface area (Å²) in [5, 5.41) is 0. The van der Waals surface area contributed by atoms with Gasteiger partial charge in [-0.15, -0.1) is 0 Å². The van der Waals surface area contributed by atoms with Crippen molar-refractivity contribution in [3.05, 3.63) is 0 Å². The highest BCUT2D eigenvalue weighted by Crippen LogP contribution is 2.44. The molecular weight excluding hydrogens is 300 g/mol. The van der Waals surface area contributed by atoms with Crippen molar-refractivity contribution >= 4 is 48.0 Å². The second-order valence-electron chi connectivity index (χ2n) is 5.07. The van der Waals surface area contributed by atoms with Gasteiger partial charge in [0.1, 0.15) is 0 Å². The molecule has 0 nitrogen and oxygen atoms in total. The summed E-state index contributed by atoms with van der Waals surface area (Å²) in [5.74, 6) is 0. The normalized spacial score (nSPS) is 15.3. The average Bonchev–Trinajstić information content (AvgIpc) is 1.58. The lowest BCUT2D eigenvalue weighted by Gasteiger charge is -2.42. The first-order valence-corrected chi connectivity index (χ1v) is 12.5. The second kappa shape index (κ2) is 3.27. The molecule has 0 aliphatic rings. The zero-order valence-electron chi connectivity index (χ0n) is 8.26. The zero-order chi connectivity index (χ0) is 9.50. The first-order chi connectivity index (χ1) is 4.50. The Balaban J connectivity index is 4.75. The van der Waals surface area contributed by atoms with Crippen LogP contribution in [0.25, 0.3) is 0 Å². The molecular formula is C7H18Br2Si2. The van der Waals surface area contributed by atoms with Crippen LogP contribution in [-0.2, 0) is 0 Å². The Morgan fingerprint density at radius 3 is 0.909 bits per heavy atom. The summed E-state index contributed by atoms with van der Waals surface area (Å²) >= 11 is 7.73. The molecule has 0 N–H and O–H groups in total. The second-order valence-corrected chi connectivity index (χ2v) is 22.4. The molecule has 0 aromatic heterocycles. The van der Waals surface area contributed by atoms with Gasteiger partial charge in [0.2, 0.25) is 0 Å². The predicted octanol–water partition coefficient (Wildman–Crippen LogP) is 4.23. The van der Waals surface area contributed by atoms with Crippen LogP contribution in [0.1, 0.15) is 0 Å². The number of rotatable bonds is 2. The smallest absolute Gasteiger partial charge is 0.0730 e. The monoisotopic (exact) mass is 316 g/mol. The summed E-state index contributed by atoms with van der Waals surface area (Å²) in [4.78, 5) is 0. The topological polar surface area (TPSA) is 0 Å². The highest BCUT2D eigenvalue weighted by Gasteiger charge is 2.48. The minimum absolute atomic E-state index is 0.278. The summed E-state index contributed by atoms with van der Waals surface area (Å²) in [5.41, 5.74) is 0. The van der Waals surface area contributed by atoms with Crippen LogP contribution in [0.15, 0.2) is 0 Å². The molecule has 0 unspecified atom stereocenters. The minimum atomic E-state index is -1.13. The van der Waals surface area contributed by atoms with Crippen molar-refractivity contribution in [3.63, 3.8) is 0 Å². The van der Waals surface area contributed by atoms with Crippen molar-refractivity contribution in [2.24, 2.45) is 0 Å². The number of halogens is 2. The Kier molecular flexibility index (Phi) is 3.69. The Morgan fingerprint density at radius 1 is 0.727 bits per heavy atom. The summed E-state index contributed by atoms with van der Waals surface area (Å²) < 4.78 is 0.278. The summed E-state index contributed by atoms with van der Waals surface area (Å²) in [7, 11) is -2.25. The maximum Gasteiger partial charge on any atom is 0.0730 e. The van der Waals surface area contributed by atoms with Crippen molar-refractivity contribution in [3.8, 4) is 0 Å². The van der Waals surface area contributed by atoms with Crippen molar-refractivity contribution < 1.29 is 0 Å². The molecule has 0 aliphatic heterocycles. The SMILES string of the molecule is C[Si](C)(C)C(Br)(Br)[Si](C)(C)C. The van der Waals surface area contributed by atoms with Gasteiger partial charge in [0.05, 0.1) is 18.6 Å². The molecule has 11 heavy (non-hydrogen) atoms. The number of hydrogen-bond donors (Lipinski definition) is 0. The lowest BCUT2D eigenvalue weighted by atomic mass is 11.7. The lowest BCUT2D eigenvalue weighted by molar-refractivity contribution is 1.44. The van der Waals surface area contributed by atoms with Crippen LogP contribution >= 0.6 is 31.9 Å². The van der Waals surface area contributed by atoms with Gasteiger partial charge in [-0.2, -0.15) is 0 Å². The molecule has 4 heteroatoms. The quantitative estimate of drug-likeness (QED) is 0.528. The van der Waals surface area contributed by atoms with Gasteiger partial charge in [0.15, 0.2) is 0 Å². The summed E-state index contributed by atoms with van der Waals surface area (Å²) in [6.07, 6.45) is 0. The number of hydrogen-bond acceptors (Lipinski definition) is 0. The van der Waals surface area contributed by atoms with Crippen LogP contribution in [0, 0.1) is 0 Å². The van der Waals surface area contributed by atoms with E-state index in [9.17, 15) is 0 Å². The van der Waals surface area contributed by atoms with Crippen molar-refractivity contribution in [1.29, 1.82) is 0 Å². The highest BCUT2D eigenvalue weighted by molar-refractivity contribution is 9.27. The van der Waals surface area contributed by atoms with Gasteiger partial charge in [-0.3, -0.25) is 0 Å². The standard InChI is InChI=1S/C7H18Br2Si2/c1-10(2,3)7(8,9)11(4,5)6/h1-6H3. The van der Waals surface area contributed by atoms with Gasteiger partial charge in [-0.25, -0.2) is 0 Å². The zero-order valence-corrected chi connectivity index (χ0v) is 13.4. The molecule has 0 spiro atoms. The Bertz CT molecular complexity index is 126. The molecule has 0 bridgehead atoms. The van der Waals surface area contributed by atoms with E-state index in [2.05, 4.69) is 71.1 Å². The van der Waals surface area contributed by atoms with Crippen LogP contribution in [-0.4, -0.2) is 18.6 Å². The van der Waals surface area contributed by atoms with Crippen molar-refractivity contribution in [2.45, 2.75) is 41.8 Å². The van der Waals surface area contributed by atoms with E-state index in [1.165, 1.54) is 0 Å². The molecule has 0 rings (SSSR count). The van der Waals surface area contributed by atoms with Gasteiger partial charge in [-0.1, -0.05) is 71.1 Å². The van der Waals surface area contributed by atoms with Gasteiger partial charge in [-0.05, 0) is 0 Å². The molecule has 0 aliphatic carbocycles. The van der Waals surface area contributed by atoms with Gasteiger partial charge in [0.25, 0.3) is 0 Å². The fraction of sp³-hybridized carbons (Fsp3) is 1.00. The third-order valence-corrected chi connectivity index (χ3v) is 24.4. The highest BCUT2D eigenvalue weighted by atomic mass is 79.9. The maximum atomic E-state index is 3.86. The minimum Gasteiger partial charge on any atom is -0.0803 e. The third-order valence-electron chi connectivity index (χ3n) is 1.88. The van der Waals surface area contributed by atoms with Crippen LogP contribution in [0.4, 0.5) is 0 Å². The van der Waals surface area contributed by atoms with E-state index in [0.29, 0.717) is 0 Å². The van der Waals surface area contributed by atoms with Crippen LogP contribution < -0.4 is 0 Å². The largest absolute Gasteiger partial charge is 0.0803 e. The van der Waals surface area contributed by atoms with E-state index >= 15 is 0 Å². The fourth-order valence-electron chi connectivity index (χ4n) is 1.12. The van der Waals surface area contributed by atoms with Crippen molar-refractivity contribution in [2.75, 3.05) is 0 Å². The maximum absolute atomic E-state index is 3.86. The molecule has 68 valence electrons. The molecule has 0 heterocycles. The average molecular weight is 318 g/mol. The molecule has 0 fully saturated rings. The molecule has 0 atom stereocenters. The van der Waals surface area contributed by atoms with E-state index in [-0.39, 0.29) is 2.48 Å². The fourth-order valence-corrected chi connectivity index (χ4v) is 10.1. The number of alkyl halides is 2. The molecule has 0 aromatic carbocycles. The van der Waals surface area contributed by atoms with E-state index in [0.717, 1.165) is 0 Å². The first kappa shape index (κ1) is 12.4. The Hall–Kier alpha value is 1.39. The van der Waals surface area contributed by atoms with Gasteiger partial charge in [0, 0.05) is 0 Å². The van der Waals surface area contributed by atoms with E-state index < -0.39 is 16.1 Å².